The molecule has 1 aromatic carbocycles. The number of nitrogens with zero attached hydrogens (tertiary/aromatic N) is 1. The van der Waals surface area contributed by atoms with Crippen molar-refractivity contribution in [2.45, 2.75) is 44.7 Å². The largest absolute Gasteiger partial charge is 0.322 e. The van der Waals surface area contributed by atoms with Gasteiger partial charge in [-0.2, -0.15) is 0 Å². The van der Waals surface area contributed by atoms with Crippen LogP contribution in [-0.4, -0.2) is 23.9 Å². The van der Waals surface area contributed by atoms with E-state index in [1.54, 1.807) is 12.1 Å². The summed E-state index contributed by atoms with van der Waals surface area (Å²) in [4.78, 5) is 14.0. The first kappa shape index (κ1) is 14.5. The molecule has 114 valence electrons. The van der Waals surface area contributed by atoms with Crippen LogP contribution in [-0.2, 0) is 4.79 Å². The van der Waals surface area contributed by atoms with Gasteiger partial charge in [0.2, 0.25) is 5.91 Å². The number of nitrogens with one attached hydrogen (secondary N) is 1. The van der Waals surface area contributed by atoms with Gasteiger partial charge in [0.1, 0.15) is 12.0 Å². The fourth-order valence-corrected chi connectivity index (χ4v) is 3.53. The molecule has 2 aliphatic rings. The zero-order valence-electron chi connectivity index (χ0n) is 12.4. The van der Waals surface area contributed by atoms with E-state index in [9.17, 15) is 9.18 Å². The van der Waals surface area contributed by atoms with Crippen LogP contribution in [0, 0.1) is 11.7 Å². The fourth-order valence-electron chi connectivity index (χ4n) is 3.53. The summed E-state index contributed by atoms with van der Waals surface area (Å²) in [6.07, 6.45) is 7.62. The van der Waals surface area contributed by atoms with Crippen LogP contribution in [0.1, 0.15) is 50.3 Å². The van der Waals surface area contributed by atoms with Crippen LogP contribution in [0.2, 0.25) is 0 Å². The summed E-state index contributed by atoms with van der Waals surface area (Å²) in [5, 5.41) is 3.23. The van der Waals surface area contributed by atoms with Gasteiger partial charge in [-0.3, -0.25) is 10.1 Å². The van der Waals surface area contributed by atoms with Gasteiger partial charge in [-0.15, -0.1) is 0 Å². The molecule has 1 aliphatic heterocycles. The summed E-state index contributed by atoms with van der Waals surface area (Å²) >= 11 is 0. The van der Waals surface area contributed by atoms with E-state index in [1.165, 1.54) is 44.2 Å². The van der Waals surface area contributed by atoms with Crippen molar-refractivity contribution >= 4 is 5.91 Å². The molecule has 1 unspecified atom stereocenters. The lowest BCUT2D eigenvalue weighted by Crippen LogP contribution is -2.32. The van der Waals surface area contributed by atoms with Crippen LogP contribution in [0.3, 0.4) is 0 Å². The van der Waals surface area contributed by atoms with E-state index in [0.717, 1.165) is 24.4 Å². The third-order valence-electron chi connectivity index (χ3n) is 4.77. The van der Waals surface area contributed by atoms with Gasteiger partial charge in [-0.1, -0.05) is 44.2 Å². The molecule has 0 bridgehead atoms. The fraction of sp³-hybridized carbons (Fsp3) is 0.588. The maximum absolute atomic E-state index is 13.0. The second-order valence-electron chi connectivity index (χ2n) is 6.21. The topological polar surface area (TPSA) is 32.3 Å². The van der Waals surface area contributed by atoms with Crippen LogP contribution < -0.4 is 5.32 Å². The molecule has 1 heterocycles. The van der Waals surface area contributed by atoms with Gasteiger partial charge in [-0.25, -0.2) is 4.39 Å². The van der Waals surface area contributed by atoms with Crippen molar-refractivity contribution in [2.75, 3.05) is 13.1 Å². The molecule has 1 amide bonds. The van der Waals surface area contributed by atoms with Crippen molar-refractivity contribution in [1.82, 2.24) is 10.2 Å². The van der Waals surface area contributed by atoms with Crippen molar-refractivity contribution in [2.24, 2.45) is 5.92 Å². The van der Waals surface area contributed by atoms with Crippen molar-refractivity contribution in [3.8, 4) is 0 Å². The predicted molar refractivity (Wildman–Crippen MR) is 80.0 cm³/mol. The van der Waals surface area contributed by atoms with Gasteiger partial charge in [0, 0.05) is 6.54 Å². The van der Waals surface area contributed by atoms with Crippen molar-refractivity contribution in [3.05, 3.63) is 35.6 Å². The maximum Gasteiger partial charge on any atom is 0.238 e. The minimum atomic E-state index is -0.239. The zero-order chi connectivity index (χ0) is 14.7. The van der Waals surface area contributed by atoms with Crippen LogP contribution in [0.5, 0.6) is 0 Å². The average Bonchev–Trinajstić information content (AvgIpc) is 2.88. The molecule has 2 fully saturated rings. The molecule has 21 heavy (non-hydrogen) atoms. The molecule has 3 rings (SSSR count). The van der Waals surface area contributed by atoms with E-state index >= 15 is 0 Å². The second-order valence-corrected chi connectivity index (χ2v) is 6.21. The third kappa shape index (κ3) is 3.43. The monoisotopic (exact) mass is 290 g/mol. The average molecular weight is 290 g/mol. The zero-order valence-corrected chi connectivity index (χ0v) is 12.4. The molecular weight excluding hydrogens is 267 g/mol. The second kappa shape index (κ2) is 6.56. The lowest BCUT2D eigenvalue weighted by atomic mass is 9.87. The first-order valence-electron chi connectivity index (χ1n) is 8.02. The molecule has 4 heteroatoms. The minimum absolute atomic E-state index is 0.0957. The number of carbonyl (C=O) groups is 1. The van der Waals surface area contributed by atoms with Gasteiger partial charge in [-0.05, 0) is 30.0 Å². The first-order valence-corrected chi connectivity index (χ1v) is 8.02. The molecule has 1 aromatic rings. The highest BCUT2D eigenvalue weighted by atomic mass is 19.1. The van der Waals surface area contributed by atoms with Crippen LogP contribution in [0.25, 0.3) is 0 Å². The number of rotatable bonds is 4. The number of amides is 1. The van der Waals surface area contributed by atoms with E-state index < -0.39 is 0 Å². The number of halogens is 1. The Hall–Kier alpha value is -1.42. The first-order chi connectivity index (χ1) is 10.2. The molecule has 1 saturated carbocycles. The number of benzene rings is 1. The van der Waals surface area contributed by atoms with Gasteiger partial charge in [0.25, 0.3) is 0 Å². The Morgan fingerprint density at radius 3 is 2.57 bits per heavy atom. The summed E-state index contributed by atoms with van der Waals surface area (Å²) in [5.41, 5.74) is 0.964. The quantitative estimate of drug-likeness (QED) is 0.923. The summed E-state index contributed by atoms with van der Waals surface area (Å²) in [6.45, 7) is 1.19. The number of hydrogen-bond acceptors (Lipinski definition) is 2. The molecule has 3 nitrogen and oxygen atoms in total. The lowest BCUT2D eigenvalue weighted by Gasteiger charge is -2.28. The molecule has 0 aromatic heterocycles. The highest BCUT2D eigenvalue weighted by molar-refractivity contribution is 5.80. The van der Waals surface area contributed by atoms with Gasteiger partial charge in [0.15, 0.2) is 0 Å². The number of carbonyl (C=O) groups excluding carboxylic acids is 1. The van der Waals surface area contributed by atoms with Crippen LogP contribution in [0.15, 0.2) is 24.3 Å². The molecule has 1 N–H and O–H groups in total. The third-order valence-corrected chi connectivity index (χ3v) is 4.77. The summed E-state index contributed by atoms with van der Waals surface area (Å²) in [5.74, 6) is 0.679. The van der Waals surface area contributed by atoms with Crippen LogP contribution >= 0.6 is 0 Å². The summed E-state index contributed by atoms with van der Waals surface area (Å²) < 4.78 is 13.0. The molecule has 1 aliphatic carbocycles. The van der Waals surface area contributed by atoms with E-state index in [4.69, 9.17) is 0 Å². The van der Waals surface area contributed by atoms with Crippen molar-refractivity contribution in [3.63, 3.8) is 0 Å². The van der Waals surface area contributed by atoms with Crippen LogP contribution in [0.4, 0.5) is 4.39 Å². The molecule has 1 atom stereocenters. The lowest BCUT2D eigenvalue weighted by molar-refractivity contribution is -0.128. The SMILES string of the molecule is O=C1CNC(c2ccc(F)cc2)N1CCC1CCCCC1. The summed E-state index contributed by atoms with van der Waals surface area (Å²) in [7, 11) is 0. The van der Waals surface area contributed by atoms with Gasteiger partial charge < -0.3 is 4.90 Å². The molecule has 1 saturated heterocycles. The Kier molecular flexibility index (Phi) is 4.54. The van der Waals surface area contributed by atoms with E-state index in [0.29, 0.717) is 6.54 Å². The van der Waals surface area contributed by atoms with Gasteiger partial charge in [0.05, 0.1) is 6.54 Å². The highest BCUT2D eigenvalue weighted by Crippen LogP contribution is 2.29. The maximum atomic E-state index is 13.0. The van der Waals surface area contributed by atoms with E-state index in [2.05, 4.69) is 5.32 Å². The van der Waals surface area contributed by atoms with Crippen molar-refractivity contribution in [1.29, 1.82) is 0 Å². The smallest absolute Gasteiger partial charge is 0.238 e. The van der Waals surface area contributed by atoms with E-state index in [1.807, 2.05) is 4.90 Å². The number of hydrogen-bond donors (Lipinski definition) is 1. The van der Waals surface area contributed by atoms with Crippen molar-refractivity contribution < 1.29 is 9.18 Å². The Bertz CT molecular complexity index is 482. The Morgan fingerprint density at radius 1 is 1.14 bits per heavy atom. The van der Waals surface area contributed by atoms with Gasteiger partial charge >= 0.3 is 0 Å². The summed E-state index contributed by atoms with van der Waals surface area (Å²) in [6, 6.07) is 6.44. The predicted octanol–water partition coefficient (Wildman–Crippen LogP) is 3.23. The Labute approximate surface area is 125 Å². The highest BCUT2D eigenvalue weighted by Gasteiger charge is 2.31. The van der Waals surface area contributed by atoms with E-state index in [-0.39, 0.29) is 17.9 Å². The molecule has 0 spiro atoms. The molecule has 0 radical (unpaired) electrons. The standard InChI is InChI=1S/C17H23FN2O/c18-15-8-6-14(7-9-15)17-19-12-16(21)20(17)11-10-13-4-2-1-3-5-13/h6-9,13,17,19H,1-5,10-12H2. The minimum Gasteiger partial charge on any atom is -0.322 e. The Morgan fingerprint density at radius 2 is 1.86 bits per heavy atom. The normalized spacial score (nSPS) is 23.8. The molecular formula is C17H23FN2O. The Balaban J connectivity index is 1.63.